The fourth-order valence-electron chi connectivity index (χ4n) is 1.88. The molecule has 1 N–H and O–H groups in total. The van der Waals surface area contributed by atoms with Crippen LogP contribution in [0.2, 0.25) is 0 Å². The van der Waals surface area contributed by atoms with Gasteiger partial charge in [0.15, 0.2) is 0 Å². The lowest BCUT2D eigenvalue weighted by molar-refractivity contribution is 0.0691. The monoisotopic (exact) mass is 276 g/mol. The molecule has 106 valence electrons. The Morgan fingerprint density at radius 2 is 2.00 bits per heavy atom. The maximum absolute atomic E-state index is 11.1. The minimum Gasteiger partial charge on any atom is -0.497 e. The van der Waals surface area contributed by atoms with Crippen LogP contribution >= 0.6 is 0 Å². The van der Waals surface area contributed by atoms with Crippen LogP contribution in [0.5, 0.6) is 5.75 Å². The maximum atomic E-state index is 11.1. The van der Waals surface area contributed by atoms with Gasteiger partial charge < -0.3 is 14.6 Å². The largest absolute Gasteiger partial charge is 0.497 e. The fourth-order valence-corrected chi connectivity index (χ4v) is 1.88. The molecule has 0 atom stereocenters. The van der Waals surface area contributed by atoms with Gasteiger partial charge >= 0.3 is 5.97 Å². The van der Waals surface area contributed by atoms with Crippen molar-refractivity contribution in [2.45, 2.75) is 13.2 Å². The van der Waals surface area contributed by atoms with Crippen LogP contribution in [0.15, 0.2) is 30.5 Å². The number of hydrogen-bond donors (Lipinski definition) is 1. The number of aromatic nitrogens is 2. The first kappa shape index (κ1) is 14.1. The number of ether oxygens (including phenoxy) is 2. The van der Waals surface area contributed by atoms with E-state index in [-0.39, 0.29) is 12.2 Å². The molecule has 0 bridgehead atoms. The molecule has 0 radical (unpaired) electrons. The minimum absolute atomic E-state index is 0.167. The van der Waals surface area contributed by atoms with Crippen molar-refractivity contribution in [1.82, 2.24) is 9.78 Å². The van der Waals surface area contributed by atoms with Gasteiger partial charge in [0.1, 0.15) is 17.0 Å². The third kappa shape index (κ3) is 3.16. The van der Waals surface area contributed by atoms with Gasteiger partial charge in [0.2, 0.25) is 0 Å². The van der Waals surface area contributed by atoms with Crippen molar-refractivity contribution >= 4 is 5.97 Å². The van der Waals surface area contributed by atoms with E-state index in [0.29, 0.717) is 12.2 Å². The van der Waals surface area contributed by atoms with Crippen LogP contribution in [0, 0.1) is 0 Å². The summed E-state index contributed by atoms with van der Waals surface area (Å²) in [6.45, 7) is 0.672. The zero-order valence-corrected chi connectivity index (χ0v) is 11.4. The number of nitrogens with zero attached hydrogens (tertiary/aromatic N) is 2. The highest BCUT2D eigenvalue weighted by Crippen LogP contribution is 2.14. The molecular formula is C14H16N2O4. The van der Waals surface area contributed by atoms with E-state index in [0.717, 1.165) is 11.3 Å². The van der Waals surface area contributed by atoms with E-state index in [1.807, 2.05) is 24.3 Å². The second-order valence-electron chi connectivity index (χ2n) is 4.27. The first-order chi connectivity index (χ1) is 9.63. The summed E-state index contributed by atoms with van der Waals surface area (Å²) >= 11 is 0. The van der Waals surface area contributed by atoms with Crippen LogP contribution in [-0.4, -0.2) is 35.1 Å². The van der Waals surface area contributed by atoms with Gasteiger partial charge in [-0.1, -0.05) is 12.1 Å². The van der Waals surface area contributed by atoms with Gasteiger partial charge in [-0.25, -0.2) is 4.79 Å². The lowest BCUT2D eigenvalue weighted by Gasteiger charge is -2.03. The highest BCUT2D eigenvalue weighted by Gasteiger charge is 2.15. The van der Waals surface area contributed by atoms with E-state index in [4.69, 9.17) is 14.6 Å². The Morgan fingerprint density at radius 1 is 1.30 bits per heavy atom. The van der Waals surface area contributed by atoms with Crippen LogP contribution < -0.4 is 4.74 Å². The summed E-state index contributed by atoms with van der Waals surface area (Å²) in [6.07, 6.45) is 1.51. The number of carboxylic acids is 1. The number of hydrogen-bond acceptors (Lipinski definition) is 4. The van der Waals surface area contributed by atoms with Crippen LogP contribution in [0.25, 0.3) is 0 Å². The van der Waals surface area contributed by atoms with Crippen LogP contribution in [0.3, 0.4) is 0 Å². The first-order valence-electron chi connectivity index (χ1n) is 6.05. The zero-order valence-electron chi connectivity index (χ0n) is 11.4. The Balaban J connectivity index is 2.19. The fraction of sp³-hybridized carbons (Fsp3) is 0.286. The van der Waals surface area contributed by atoms with E-state index >= 15 is 0 Å². The van der Waals surface area contributed by atoms with Gasteiger partial charge in [0.25, 0.3) is 0 Å². The topological polar surface area (TPSA) is 73.6 Å². The molecular weight excluding hydrogens is 260 g/mol. The summed E-state index contributed by atoms with van der Waals surface area (Å²) in [6, 6.07) is 7.54. The van der Waals surface area contributed by atoms with Crippen LogP contribution in [0.1, 0.15) is 21.6 Å². The van der Waals surface area contributed by atoms with E-state index in [9.17, 15) is 4.79 Å². The lowest BCUT2D eigenvalue weighted by atomic mass is 10.2. The predicted molar refractivity (Wildman–Crippen MR) is 72.0 cm³/mol. The molecule has 0 aliphatic rings. The number of aromatic carboxylic acids is 1. The third-order valence-corrected chi connectivity index (χ3v) is 2.85. The Labute approximate surface area is 116 Å². The van der Waals surface area contributed by atoms with Crippen molar-refractivity contribution in [3.8, 4) is 5.75 Å². The van der Waals surface area contributed by atoms with E-state index in [2.05, 4.69) is 5.10 Å². The summed E-state index contributed by atoms with van der Waals surface area (Å²) in [4.78, 5) is 11.1. The minimum atomic E-state index is -1.00. The molecule has 20 heavy (non-hydrogen) atoms. The zero-order chi connectivity index (χ0) is 14.5. The molecule has 6 nitrogen and oxygen atoms in total. The smallest absolute Gasteiger partial charge is 0.339 e. The highest BCUT2D eigenvalue weighted by molar-refractivity contribution is 5.88. The molecule has 0 saturated carbocycles. The molecule has 6 heteroatoms. The predicted octanol–water partition coefficient (Wildman–Crippen LogP) is 1.78. The lowest BCUT2D eigenvalue weighted by Crippen LogP contribution is -2.01. The molecule has 0 amide bonds. The molecule has 0 spiro atoms. The van der Waals surface area contributed by atoms with Gasteiger partial charge in [-0.05, 0) is 17.7 Å². The molecule has 0 fully saturated rings. The SMILES string of the molecule is COCc1nn(Cc2ccc(OC)cc2)cc1C(=O)O. The van der Waals surface area contributed by atoms with Crippen molar-refractivity contribution in [2.24, 2.45) is 0 Å². The summed E-state index contributed by atoms with van der Waals surface area (Å²) in [5, 5.41) is 13.4. The second kappa shape index (κ2) is 6.21. The van der Waals surface area contributed by atoms with Crippen molar-refractivity contribution in [3.05, 3.63) is 47.3 Å². The number of benzene rings is 1. The average Bonchev–Trinajstić information content (AvgIpc) is 2.83. The molecule has 1 heterocycles. The molecule has 0 aliphatic carbocycles. The van der Waals surface area contributed by atoms with Crippen molar-refractivity contribution in [3.63, 3.8) is 0 Å². The molecule has 2 rings (SSSR count). The third-order valence-electron chi connectivity index (χ3n) is 2.85. The highest BCUT2D eigenvalue weighted by atomic mass is 16.5. The normalized spacial score (nSPS) is 10.5. The van der Waals surface area contributed by atoms with Gasteiger partial charge in [0.05, 0.1) is 20.3 Å². The average molecular weight is 276 g/mol. The van der Waals surface area contributed by atoms with Gasteiger partial charge in [-0.3, -0.25) is 4.68 Å². The molecule has 0 unspecified atom stereocenters. The molecule has 1 aromatic heterocycles. The molecule has 0 saturated heterocycles. The van der Waals surface area contributed by atoms with Crippen molar-refractivity contribution < 1.29 is 19.4 Å². The van der Waals surface area contributed by atoms with Crippen molar-refractivity contribution in [2.75, 3.05) is 14.2 Å². The van der Waals surface area contributed by atoms with E-state index in [1.54, 1.807) is 11.8 Å². The molecule has 0 aliphatic heterocycles. The Bertz CT molecular complexity index is 590. The number of carboxylic acid groups (broad SMARTS) is 1. The van der Waals surface area contributed by atoms with Gasteiger partial charge in [0, 0.05) is 13.3 Å². The standard InChI is InChI=1S/C14H16N2O4/c1-19-9-13-12(14(17)18)8-16(15-13)7-10-3-5-11(20-2)6-4-10/h3-6,8H,7,9H2,1-2H3,(H,17,18). The van der Waals surface area contributed by atoms with Crippen molar-refractivity contribution in [1.29, 1.82) is 0 Å². The van der Waals surface area contributed by atoms with Gasteiger partial charge in [-0.15, -0.1) is 0 Å². The van der Waals surface area contributed by atoms with Crippen LogP contribution in [-0.2, 0) is 17.9 Å². The number of rotatable bonds is 6. The molecule has 1 aromatic carbocycles. The summed E-state index contributed by atoms with van der Waals surface area (Å²) in [5.41, 5.74) is 1.60. The van der Waals surface area contributed by atoms with E-state index in [1.165, 1.54) is 13.3 Å². The van der Waals surface area contributed by atoms with Gasteiger partial charge in [-0.2, -0.15) is 5.10 Å². The Morgan fingerprint density at radius 3 is 2.55 bits per heavy atom. The van der Waals surface area contributed by atoms with Crippen LogP contribution in [0.4, 0.5) is 0 Å². The number of carbonyl (C=O) groups is 1. The summed E-state index contributed by atoms with van der Waals surface area (Å²) < 4.78 is 11.6. The Hall–Kier alpha value is -2.34. The summed E-state index contributed by atoms with van der Waals surface area (Å²) in [7, 11) is 3.12. The summed E-state index contributed by atoms with van der Waals surface area (Å²) in [5.74, 6) is -0.224. The molecule has 2 aromatic rings. The Kier molecular flexibility index (Phi) is 4.37. The number of methoxy groups -OCH3 is 2. The first-order valence-corrected chi connectivity index (χ1v) is 6.05. The van der Waals surface area contributed by atoms with E-state index < -0.39 is 5.97 Å². The quantitative estimate of drug-likeness (QED) is 0.870. The maximum Gasteiger partial charge on any atom is 0.339 e. The second-order valence-corrected chi connectivity index (χ2v) is 4.27.